The van der Waals surface area contributed by atoms with Crippen LogP contribution in [-0.2, 0) is 38.3 Å². The van der Waals surface area contributed by atoms with E-state index < -0.39 is 58.0 Å². The Labute approximate surface area is 133 Å². The predicted octanol–water partition coefficient (Wildman–Crippen LogP) is -2.05. The molecule has 0 radical (unpaired) electrons. The molecule has 1 amide bonds. The van der Waals surface area contributed by atoms with E-state index in [2.05, 4.69) is 4.74 Å². The van der Waals surface area contributed by atoms with Crippen molar-refractivity contribution in [3.63, 3.8) is 0 Å². The fourth-order valence-corrected chi connectivity index (χ4v) is 3.37. The Balaban J connectivity index is 2.16. The van der Waals surface area contributed by atoms with Crippen molar-refractivity contribution < 1.29 is 43.4 Å². The molecule has 3 atom stereocenters. The van der Waals surface area contributed by atoms with Gasteiger partial charge < -0.3 is 9.84 Å². The minimum Gasteiger partial charge on any atom is -0.436 e. The molecule has 0 aromatic rings. The Kier molecular flexibility index (Phi) is 4.37. The number of hydrogen-bond acceptors (Lipinski definition) is 10. The van der Waals surface area contributed by atoms with Crippen LogP contribution in [-0.4, -0.2) is 62.3 Å². The lowest BCUT2D eigenvalue weighted by Crippen LogP contribution is -2.84. The quantitative estimate of drug-likeness (QED) is 0.188. The van der Waals surface area contributed by atoms with E-state index in [1.807, 2.05) is 0 Å². The summed E-state index contributed by atoms with van der Waals surface area (Å²) in [5, 5.41) is 8.35. The first-order valence-corrected chi connectivity index (χ1v) is 7.10. The van der Waals surface area contributed by atoms with Crippen LogP contribution in [0.15, 0.2) is 0 Å². The summed E-state index contributed by atoms with van der Waals surface area (Å²) in [5.74, 6) is -6.29. The van der Waals surface area contributed by atoms with Gasteiger partial charge in [-0.25, -0.2) is 4.84 Å². The SMILES string of the molecule is CC(=O)OCON1C(=O)C2C(=O)C(=O)[C@@]21SC(=O)C(=O)C(C)O. The van der Waals surface area contributed by atoms with Crippen LogP contribution in [0.25, 0.3) is 0 Å². The highest BCUT2D eigenvalue weighted by atomic mass is 32.2. The van der Waals surface area contributed by atoms with Gasteiger partial charge >= 0.3 is 5.97 Å². The molecule has 1 saturated heterocycles. The molecule has 2 unspecified atom stereocenters. The molecule has 0 aromatic carbocycles. The smallest absolute Gasteiger partial charge is 0.304 e. The first-order chi connectivity index (χ1) is 10.6. The molecule has 11 heteroatoms. The Morgan fingerprint density at radius 1 is 1.35 bits per heavy atom. The van der Waals surface area contributed by atoms with Crippen molar-refractivity contribution in [3.8, 4) is 0 Å². The molecule has 1 saturated carbocycles. The molecule has 2 fully saturated rings. The lowest BCUT2D eigenvalue weighted by Gasteiger charge is -2.57. The zero-order chi connectivity index (χ0) is 17.5. The number of Topliss-reactive ketones (excluding diaryl/α,β-unsaturated/α-hetero) is 3. The number of aliphatic hydroxyl groups is 1. The van der Waals surface area contributed by atoms with Gasteiger partial charge in [0.15, 0.2) is 0 Å². The number of β-lactam (4-membered cyclic amide) rings is 1. The number of hydrogen-bond donors (Lipinski definition) is 1. The third-order valence-electron chi connectivity index (χ3n) is 3.22. The third-order valence-corrected chi connectivity index (χ3v) is 4.51. The number of nitrogens with zero attached hydrogens (tertiary/aromatic N) is 1. The Hall–Kier alpha value is -2.11. The number of aliphatic hydroxyl groups excluding tert-OH is 1. The Bertz CT molecular complexity index is 642. The summed E-state index contributed by atoms with van der Waals surface area (Å²) in [4.78, 5) is 71.8. The number of fused-ring (bicyclic) bond motifs is 1. The monoisotopic (exact) mass is 345 g/mol. The van der Waals surface area contributed by atoms with Crippen molar-refractivity contribution in [2.24, 2.45) is 5.92 Å². The molecule has 23 heavy (non-hydrogen) atoms. The van der Waals surface area contributed by atoms with Gasteiger partial charge in [0.1, 0.15) is 12.0 Å². The lowest BCUT2D eigenvalue weighted by molar-refractivity contribution is -0.278. The van der Waals surface area contributed by atoms with Gasteiger partial charge in [0, 0.05) is 6.92 Å². The second-order valence-electron chi connectivity index (χ2n) is 4.77. The standard InChI is InChI=1S/C12H11NO9S/c1-4(14)7(16)11(20)23-12-6(8(17)9(12)18)10(19)13(12)22-3-21-5(2)15/h4,6,14H,3H2,1-2H3/t4?,6?,12-/m0/s1. The van der Waals surface area contributed by atoms with Crippen molar-refractivity contribution in [2.45, 2.75) is 24.8 Å². The maximum Gasteiger partial charge on any atom is 0.304 e. The summed E-state index contributed by atoms with van der Waals surface area (Å²) in [6.07, 6.45) is -1.60. The molecule has 1 aliphatic carbocycles. The maximum absolute atomic E-state index is 11.8. The fraction of sp³-hybridized carbons (Fsp3) is 0.500. The summed E-state index contributed by atoms with van der Waals surface area (Å²) in [5.41, 5.74) is 0. The van der Waals surface area contributed by atoms with Gasteiger partial charge in [-0.05, 0) is 18.7 Å². The van der Waals surface area contributed by atoms with Gasteiger partial charge in [0.05, 0.1) is 0 Å². The summed E-state index contributed by atoms with van der Waals surface area (Å²) >= 11 is 0.123. The highest BCUT2D eigenvalue weighted by molar-refractivity contribution is 8.17. The number of carbonyl (C=O) groups excluding carboxylic acids is 6. The first kappa shape index (κ1) is 17.2. The van der Waals surface area contributed by atoms with E-state index in [0.29, 0.717) is 5.06 Å². The molecule has 1 aliphatic heterocycles. The van der Waals surface area contributed by atoms with Crippen LogP contribution < -0.4 is 0 Å². The molecule has 2 aliphatic rings. The topological polar surface area (TPSA) is 144 Å². The van der Waals surface area contributed by atoms with Crippen molar-refractivity contribution in [1.82, 2.24) is 5.06 Å². The van der Waals surface area contributed by atoms with Crippen molar-refractivity contribution >= 4 is 46.1 Å². The molecule has 10 nitrogen and oxygen atoms in total. The van der Waals surface area contributed by atoms with Gasteiger partial charge in [0.2, 0.25) is 29.0 Å². The van der Waals surface area contributed by atoms with E-state index in [-0.39, 0.29) is 11.8 Å². The van der Waals surface area contributed by atoms with Crippen LogP contribution in [0.1, 0.15) is 13.8 Å². The summed E-state index contributed by atoms with van der Waals surface area (Å²) < 4.78 is 4.45. The number of rotatable bonds is 6. The van der Waals surface area contributed by atoms with Crippen molar-refractivity contribution in [1.29, 1.82) is 0 Å². The zero-order valence-electron chi connectivity index (χ0n) is 11.9. The number of esters is 1. The molecule has 1 heterocycles. The Morgan fingerprint density at radius 2 is 1.96 bits per heavy atom. The number of ketones is 3. The van der Waals surface area contributed by atoms with E-state index in [0.717, 1.165) is 13.8 Å². The number of hydroxylamine groups is 2. The normalized spacial score (nSPS) is 26.8. The van der Waals surface area contributed by atoms with E-state index in [9.17, 15) is 28.8 Å². The Morgan fingerprint density at radius 3 is 2.48 bits per heavy atom. The lowest BCUT2D eigenvalue weighted by atomic mass is 9.68. The zero-order valence-corrected chi connectivity index (χ0v) is 12.7. The second-order valence-corrected chi connectivity index (χ2v) is 5.97. The van der Waals surface area contributed by atoms with Crippen LogP contribution in [0, 0.1) is 5.92 Å². The van der Waals surface area contributed by atoms with Gasteiger partial charge in [0.25, 0.3) is 11.0 Å². The van der Waals surface area contributed by atoms with Gasteiger partial charge in [-0.3, -0.25) is 28.8 Å². The molecule has 0 bridgehead atoms. The molecule has 1 N–H and O–H groups in total. The largest absolute Gasteiger partial charge is 0.436 e. The number of thioether (sulfide) groups is 1. The van der Waals surface area contributed by atoms with Crippen LogP contribution in [0.5, 0.6) is 0 Å². The molecular formula is C12H11NO9S. The first-order valence-electron chi connectivity index (χ1n) is 6.28. The second kappa shape index (κ2) is 5.83. The molecule has 2 rings (SSSR count). The van der Waals surface area contributed by atoms with E-state index >= 15 is 0 Å². The highest BCUT2D eigenvalue weighted by Crippen LogP contribution is 2.55. The number of ether oxygens (including phenoxy) is 1. The maximum atomic E-state index is 11.8. The summed E-state index contributed by atoms with van der Waals surface area (Å²) in [6.45, 7) is 1.43. The number of amides is 1. The van der Waals surface area contributed by atoms with Gasteiger partial charge in [-0.1, -0.05) is 0 Å². The number of carbonyl (C=O) groups is 6. The minimum atomic E-state index is -1.98. The van der Waals surface area contributed by atoms with Crippen LogP contribution in [0.3, 0.4) is 0 Å². The molecule has 0 aromatic heterocycles. The predicted molar refractivity (Wildman–Crippen MR) is 70.1 cm³/mol. The van der Waals surface area contributed by atoms with E-state index in [1.54, 1.807) is 0 Å². The average Bonchev–Trinajstić information content (AvgIpc) is 2.48. The van der Waals surface area contributed by atoms with Crippen LogP contribution in [0.4, 0.5) is 0 Å². The number of piperidine rings is 1. The van der Waals surface area contributed by atoms with Crippen LogP contribution in [0.2, 0.25) is 0 Å². The van der Waals surface area contributed by atoms with E-state index in [4.69, 9.17) is 9.94 Å². The van der Waals surface area contributed by atoms with Crippen LogP contribution >= 0.6 is 11.8 Å². The van der Waals surface area contributed by atoms with Gasteiger partial charge in [-0.15, -0.1) is 0 Å². The van der Waals surface area contributed by atoms with Gasteiger partial charge in [-0.2, -0.15) is 5.06 Å². The van der Waals surface area contributed by atoms with Crippen molar-refractivity contribution in [3.05, 3.63) is 0 Å². The highest BCUT2D eigenvalue weighted by Gasteiger charge is 2.81. The van der Waals surface area contributed by atoms with Crippen molar-refractivity contribution in [2.75, 3.05) is 6.79 Å². The third kappa shape index (κ3) is 2.46. The average molecular weight is 345 g/mol. The summed E-state index contributed by atoms with van der Waals surface area (Å²) in [7, 11) is 0. The minimum absolute atomic E-state index is 0.123. The molecular weight excluding hydrogens is 334 g/mol. The molecule has 124 valence electrons. The summed E-state index contributed by atoms with van der Waals surface area (Å²) in [6, 6.07) is 0. The molecule has 0 spiro atoms. The fourth-order valence-electron chi connectivity index (χ4n) is 2.07. The van der Waals surface area contributed by atoms with E-state index in [1.165, 1.54) is 0 Å².